The summed E-state index contributed by atoms with van der Waals surface area (Å²) in [6, 6.07) is 24.4. The highest BCUT2D eigenvalue weighted by atomic mass is 16.5. The van der Waals surface area contributed by atoms with Gasteiger partial charge in [-0.15, -0.1) is 5.10 Å². The van der Waals surface area contributed by atoms with E-state index in [0.29, 0.717) is 23.6 Å². The first kappa shape index (κ1) is 20.0. The summed E-state index contributed by atoms with van der Waals surface area (Å²) >= 11 is 0. The van der Waals surface area contributed by atoms with Gasteiger partial charge in [-0.2, -0.15) is 5.10 Å². The van der Waals surface area contributed by atoms with Crippen LogP contribution >= 0.6 is 0 Å². The van der Waals surface area contributed by atoms with Gasteiger partial charge < -0.3 is 4.74 Å². The Labute approximate surface area is 179 Å². The van der Waals surface area contributed by atoms with Crippen LogP contribution < -0.4 is 10.2 Å². The third-order valence-corrected chi connectivity index (χ3v) is 4.57. The smallest absolute Gasteiger partial charge is 0.271 e. The molecule has 1 N–H and O–H groups in total. The van der Waals surface area contributed by atoms with Gasteiger partial charge in [0.05, 0.1) is 11.4 Å². The number of nitrogens with one attached hydrogen (secondary N) is 1. The summed E-state index contributed by atoms with van der Waals surface area (Å²) in [5.41, 5.74) is 6.47. The summed E-state index contributed by atoms with van der Waals surface area (Å²) in [7, 11) is 0. The van der Waals surface area contributed by atoms with E-state index in [0.717, 1.165) is 16.8 Å². The van der Waals surface area contributed by atoms with E-state index in [-0.39, 0.29) is 5.91 Å². The SMILES string of the molecule is C/C(=N\NC(=O)c1ccc(OCc2ccccc2)cc1)c1cccc(-n2cnnn2)c1. The van der Waals surface area contributed by atoms with Gasteiger partial charge in [0.25, 0.3) is 5.91 Å². The van der Waals surface area contributed by atoms with Crippen molar-refractivity contribution in [2.75, 3.05) is 0 Å². The summed E-state index contributed by atoms with van der Waals surface area (Å²) < 4.78 is 7.30. The molecule has 8 heteroatoms. The summed E-state index contributed by atoms with van der Waals surface area (Å²) in [6.07, 6.45) is 1.51. The number of ether oxygens (including phenoxy) is 1. The number of tetrazole rings is 1. The maximum absolute atomic E-state index is 12.4. The summed E-state index contributed by atoms with van der Waals surface area (Å²) in [6.45, 7) is 2.29. The number of nitrogens with zero attached hydrogens (tertiary/aromatic N) is 5. The fraction of sp³-hybridized carbons (Fsp3) is 0.0870. The average molecular weight is 412 g/mol. The van der Waals surface area contributed by atoms with Crippen LogP contribution in [0, 0.1) is 0 Å². The Kier molecular flexibility index (Phi) is 6.08. The van der Waals surface area contributed by atoms with Gasteiger partial charge in [0, 0.05) is 5.56 Å². The van der Waals surface area contributed by atoms with Gasteiger partial charge in [-0.05, 0) is 64.9 Å². The van der Waals surface area contributed by atoms with E-state index < -0.39 is 0 Å². The number of benzene rings is 3. The zero-order valence-corrected chi connectivity index (χ0v) is 16.8. The van der Waals surface area contributed by atoms with Crippen LogP contribution in [0.5, 0.6) is 5.75 Å². The molecule has 0 saturated heterocycles. The molecule has 0 aliphatic rings. The van der Waals surface area contributed by atoms with Crippen molar-refractivity contribution in [2.45, 2.75) is 13.5 Å². The quantitative estimate of drug-likeness (QED) is 0.371. The van der Waals surface area contributed by atoms with Gasteiger partial charge >= 0.3 is 0 Å². The molecule has 8 nitrogen and oxygen atoms in total. The Bertz CT molecular complexity index is 1170. The average Bonchev–Trinajstić information content (AvgIpc) is 3.37. The van der Waals surface area contributed by atoms with Crippen molar-refractivity contribution in [3.8, 4) is 11.4 Å². The molecule has 0 aliphatic carbocycles. The van der Waals surface area contributed by atoms with Gasteiger partial charge in [-0.1, -0.05) is 42.5 Å². The van der Waals surface area contributed by atoms with Crippen molar-refractivity contribution < 1.29 is 9.53 Å². The lowest BCUT2D eigenvalue weighted by atomic mass is 10.1. The van der Waals surface area contributed by atoms with E-state index in [9.17, 15) is 4.79 Å². The predicted octanol–water partition coefficient (Wildman–Crippen LogP) is 3.40. The summed E-state index contributed by atoms with van der Waals surface area (Å²) in [4.78, 5) is 12.4. The summed E-state index contributed by atoms with van der Waals surface area (Å²) in [5, 5.41) is 15.4. The number of carbonyl (C=O) groups excluding carboxylic acids is 1. The molecule has 31 heavy (non-hydrogen) atoms. The second-order valence-electron chi connectivity index (χ2n) is 6.74. The zero-order valence-electron chi connectivity index (χ0n) is 16.8. The molecule has 0 atom stereocenters. The van der Waals surface area contributed by atoms with Gasteiger partial charge in [0.15, 0.2) is 0 Å². The lowest BCUT2D eigenvalue weighted by molar-refractivity contribution is 0.0955. The molecule has 0 unspecified atom stereocenters. The van der Waals surface area contributed by atoms with Gasteiger partial charge in [-0.25, -0.2) is 10.1 Å². The highest BCUT2D eigenvalue weighted by Crippen LogP contribution is 2.14. The molecule has 0 bridgehead atoms. The Morgan fingerprint density at radius 3 is 2.55 bits per heavy atom. The van der Waals surface area contributed by atoms with Gasteiger partial charge in [0.2, 0.25) is 0 Å². The second-order valence-corrected chi connectivity index (χ2v) is 6.74. The minimum Gasteiger partial charge on any atom is -0.489 e. The fourth-order valence-electron chi connectivity index (χ4n) is 2.86. The first-order valence-corrected chi connectivity index (χ1v) is 9.64. The molecule has 4 aromatic rings. The highest BCUT2D eigenvalue weighted by molar-refractivity contribution is 6.01. The number of hydrogen-bond acceptors (Lipinski definition) is 6. The first-order valence-electron chi connectivity index (χ1n) is 9.64. The zero-order chi connectivity index (χ0) is 21.5. The largest absolute Gasteiger partial charge is 0.489 e. The highest BCUT2D eigenvalue weighted by Gasteiger charge is 2.07. The van der Waals surface area contributed by atoms with Crippen molar-refractivity contribution in [1.82, 2.24) is 25.6 Å². The Morgan fingerprint density at radius 2 is 1.81 bits per heavy atom. The normalized spacial score (nSPS) is 11.2. The van der Waals surface area contributed by atoms with Gasteiger partial charge in [-0.3, -0.25) is 4.79 Å². The summed E-state index contributed by atoms with van der Waals surface area (Å²) in [5.74, 6) is 0.394. The predicted molar refractivity (Wildman–Crippen MR) is 116 cm³/mol. The molecule has 0 fully saturated rings. The molecule has 1 aromatic heterocycles. The van der Waals surface area contributed by atoms with E-state index in [2.05, 4.69) is 26.1 Å². The molecular weight excluding hydrogens is 392 g/mol. The fourth-order valence-corrected chi connectivity index (χ4v) is 2.86. The lowest BCUT2D eigenvalue weighted by Crippen LogP contribution is -2.19. The Balaban J connectivity index is 1.36. The van der Waals surface area contributed by atoms with Crippen LogP contribution in [-0.4, -0.2) is 31.8 Å². The monoisotopic (exact) mass is 412 g/mol. The van der Waals surface area contributed by atoms with Crippen molar-refractivity contribution >= 4 is 11.6 Å². The van der Waals surface area contributed by atoms with Crippen molar-refractivity contribution in [1.29, 1.82) is 0 Å². The molecule has 0 spiro atoms. The van der Waals surface area contributed by atoms with E-state index >= 15 is 0 Å². The van der Waals surface area contributed by atoms with Crippen molar-refractivity contribution in [3.63, 3.8) is 0 Å². The van der Waals surface area contributed by atoms with Crippen molar-refractivity contribution in [3.05, 3.63) is 102 Å². The molecule has 154 valence electrons. The minimum absolute atomic E-state index is 0.300. The van der Waals surface area contributed by atoms with Crippen LogP contribution in [0.15, 0.2) is 90.3 Å². The van der Waals surface area contributed by atoms with Crippen molar-refractivity contribution in [2.24, 2.45) is 5.10 Å². The number of amides is 1. The van der Waals surface area contributed by atoms with E-state index in [1.807, 2.05) is 61.5 Å². The topological polar surface area (TPSA) is 94.3 Å². The first-order chi connectivity index (χ1) is 15.2. The van der Waals surface area contributed by atoms with Crippen LogP contribution in [-0.2, 0) is 6.61 Å². The van der Waals surface area contributed by atoms with Crippen LogP contribution in [0.25, 0.3) is 5.69 Å². The van der Waals surface area contributed by atoms with Crippen LogP contribution in [0.4, 0.5) is 0 Å². The van der Waals surface area contributed by atoms with E-state index in [1.54, 1.807) is 28.9 Å². The van der Waals surface area contributed by atoms with Crippen LogP contribution in [0.2, 0.25) is 0 Å². The third-order valence-electron chi connectivity index (χ3n) is 4.57. The number of rotatable bonds is 7. The second kappa shape index (κ2) is 9.45. The molecule has 0 radical (unpaired) electrons. The molecule has 4 rings (SSSR count). The standard InChI is InChI=1S/C23H20N6O2/c1-17(20-8-5-9-21(14-20)29-16-24-27-28-29)25-26-23(30)19-10-12-22(13-11-19)31-15-18-6-3-2-4-7-18/h2-14,16H,15H2,1H3,(H,26,30)/b25-17+. The minimum atomic E-state index is -0.300. The maximum Gasteiger partial charge on any atom is 0.271 e. The number of hydrazone groups is 1. The lowest BCUT2D eigenvalue weighted by Gasteiger charge is -2.08. The number of carbonyl (C=O) groups is 1. The number of aromatic nitrogens is 4. The Hall–Kier alpha value is -4.33. The maximum atomic E-state index is 12.4. The third kappa shape index (κ3) is 5.18. The molecule has 1 amide bonds. The Morgan fingerprint density at radius 1 is 1.00 bits per heavy atom. The van der Waals surface area contributed by atoms with Gasteiger partial charge in [0.1, 0.15) is 18.7 Å². The molecule has 0 saturated carbocycles. The molecular formula is C23H20N6O2. The molecule has 3 aromatic carbocycles. The number of hydrogen-bond donors (Lipinski definition) is 1. The van der Waals surface area contributed by atoms with E-state index in [1.165, 1.54) is 6.33 Å². The molecule has 1 heterocycles. The van der Waals surface area contributed by atoms with E-state index in [4.69, 9.17) is 4.74 Å². The van der Waals surface area contributed by atoms with Crippen LogP contribution in [0.3, 0.4) is 0 Å². The van der Waals surface area contributed by atoms with Crippen LogP contribution in [0.1, 0.15) is 28.4 Å². The molecule has 0 aliphatic heterocycles.